The number of carboxylic acids is 1. The van der Waals surface area contributed by atoms with E-state index in [-0.39, 0.29) is 18.9 Å². The minimum absolute atomic E-state index is 0.0159. The van der Waals surface area contributed by atoms with Crippen molar-refractivity contribution in [2.24, 2.45) is 0 Å². The lowest BCUT2D eigenvalue weighted by molar-refractivity contribution is -0.139. The second kappa shape index (κ2) is 9.92. The largest absolute Gasteiger partial charge is 0.480 e. The number of ether oxygens (including phenoxy) is 1. The summed E-state index contributed by atoms with van der Waals surface area (Å²) >= 11 is 0. The van der Waals surface area contributed by atoms with Crippen molar-refractivity contribution in [2.45, 2.75) is 25.3 Å². The molecule has 0 fully saturated rings. The first-order valence-corrected chi connectivity index (χ1v) is 11.0. The Labute approximate surface area is 199 Å². The van der Waals surface area contributed by atoms with Crippen LogP contribution in [-0.2, 0) is 9.53 Å². The Morgan fingerprint density at radius 1 is 0.971 bits per heavy atom. The Hall–Kier alpha value is -4.27. The van der Waals surface area contributed by atoms with Gasteiger partial charge in [0.25, 0.3) is 5.91 Å². The fraction of sp³-hybridized carbons (Fsp3) is 0.192. The van der Waals surface area contributed by atoms with E-state index in [0.717, 1.165) is 34.4 Å². The van der Waals surface area contributed by atoms with Crippen molar-refractivity contribution in [3.05, 3.63) is 89.0 Å². The molecule has 35 heavy (non-hydrogen) atoms. The van der Waals surface area contributed by atoms with Gasteiger partial charge in [-0.3, -0.25) is 10.1 Å². The third kappa shape index (κ3) is 4.70. The number of rotatable bonds is 7. The zero-order valence-corrected chi connectivity index (χ0v) is 18.7. The molecule has 0 saturated carbocycles. The van der Waals surface area contributed by atoms with Crippen LogP contribution in [-0.4, -0.2) is 35.7 Å². The second-order valence-electron chi connectivity index (χ2n) is 8.01. The van der Waals surface area contributed by atoms with E-state index in [4.69, 9.17) is 9.84 Å². The maximum Gasteiger partial charge on any atom is 0.411 e. The van der Waals surface area contributed by atoms with Crippen LogP contribution in [0.4, 0.5) is 19.3 Å². The van der Waals surface area contributed by atoms with Crippen LogP contribution < -0.4 is 10.6 Å². The van der Waals surface area contributed by atoms with Crippen molar-refractivity contribution < 1.29 is 33.0 Å². The summed E-state index contributed by atoms with van der Waals surface area (Å²) < 4.78 is 34.5. The van der Waals surface area contributed by atoms with Crippen molar-refractivity contribution in [1.29, 1.82) is 0 Å². The van der Waals surface area contributed by atoms with E-state index in [1.54, 1.807) is 0 Å². The topological polar surface area (TPSA) is 105 Å². The van der Waals surface area contributed by atoms with Gasteiger partial charge >= 0.3 is 12.1 Å². The van der Waals surface area contributed by atoms with E-state index in [0.29, 0.717) is 0 Å². The number of fused-ring (bicyclic) bond motifs is 3. The fourth-order valence-corrected chi connectivity index (χ4v) is 4.17. The van der Waals surface area contributed by atoms with E-state index in [9.17, 15) is 23.2 Å². The number of carbonyl (C=O) groups is 3. The van der Waals surface area contributed by atoms with Gasteiger partial charge in [-0.1, -0.05) is 55.5 Å². The van der Waals surface area contributed by atoms with Crippen molar-refractivity contribution >= 4 is 23.7 Å². The molecule has 180 valence electrons. The first-order valence-electron chi connectivity index (χ1n) is 11.0. The molecule has 1 aliphatic carbocycles. The molecule has 1 aliphatic rings. The zero-order chi connectivity index (χ0) is 25.1. The Kier molecular flexibility index (Phi) is 6.77. The molecule has 1 atom stereocenters. The smallest absolute Gasteiger partial charge is 0.411 e. The molecule has 4 rings (SSSR count). The van der Waals surface area contributed by atoms with E-state index in [2.05, 4.69) is 10.6 Å². The molecule has 0 heterocycles. The second-order valence-corrected chi connectivity index (χ2v) is 8.01. The van der Waals surface area contributed by atoms with Crippen LogP contribution in [0.1, 0.15) is 40.7 Å². The summed E-state index contributed by atoms with van der Waals surface area (Å²) in [6, 6.07) is 16.0. The third-order valence-corrected chi connectivity index (χ3v) is 5.91. The highest BCUT2D eigenvalue weighted by Gasteiger charge is 2.30. The van der Waals surface area contributed by atoms with Crippen LogP contribution in [0.3, 0.4) is 0 Å². The quantitative estimate of drug-likeness (QED) is 0.445. The summed E-state index contributed by atoms with van der Waals surface area (Å²) in [5.41, 5.74) is 2.61. The highest BCUT2D eigenvalue weighted by atomic mass is 19.1. The summed E-state index contributed by atoms with van der Waals surface area (Å²) in [7, 11) is 0. The Bertz CT molecular complexity index is 1270. The summed E-state index contributed by atoms with van der Waals surface area (Å²) in [6.07, 6.45) is -0.970. The van der Waals surface area contributed by atoms with Crippen LogP contribution in [0.25, 0.3) is 11.1 Å². The lowest BCUT2D eigenvalue weighted by Gasteiger charge is -2.16. The van der Waals surface area contributed by atoms with Crippen LogP contribution in [0.5, 0.6) is 0 Å². The highest BCUT2D eigenvalue weighted by molar-refractivity contribution is 5.98. The van der Waals surface area contributed by atoms with Crippen molar-refractivity contribution in [2.75, 3.05) is 11.9 Å². The molecule has 2 amide bonds. The number of carboxylic acid groups (broad SMARTS) is 1. The number of amides is 2. The highest BCUT2D eigenvalue weighted by Crippen LogP contribution is 2.44. The number of benzene rings is 3. The molecule has 0 aliphatic heterocycles. The number of hydrogen-bond donors (Lipinski definition) is 3. The summed E-state index contributed by atoms with van der Waals surface area (Å²) in [6.45, 7) is 1.48. The summed E-state index contributed by atoms with van der Waals surface area (Å²) in [4.78, 5) is 35.9. The number of hydrogen-bond acceptors (Lipinski definition) is 4. The lowest BCUT2D eigenvalue weighted by Crippen LogP contribution is -2.41. The van der Waals surface area contributed by atoms with Crippen LogP contribution in [0, 0.1) is 11.6 Å². The molecule has 0 saturated heterocycles. The van der Waals surface area contributed by atoms with Crippen molar-refractivity contribution in [3.8, 4) is 11.1 Å². The summed E-state index contributed by atoms with van der Waals surface area (Å²) in [5.74, 6) is -5.33. The maximum atomic E-state index is 14.9. The predicted molar refractivity (Wildman–Crippen MR) is 124 cm³/mol. The van der Waals surface area contributed by atoms with Crippen molar-refractivity contribution in [3.63, 3.8) is 0 Å². The molecule has 0 radical (unpaired) electrons. The SMILES string of the molecule is CCC(NC(=O)c1c(F)ccc(NC(=O)OCC2c3ccccc3-c3ccccc32)c1F)C(=O)O. The number of halogens is 2. The van der Waals surface area contributed by atoms with Gasteiger partial charge in [-0.25, -0.2) is 18.4 Å². The van der Waals surface area contributed by atoms with Gasteiger partial charge in [0.2, 0.25) is 0 Å². The Balaban J connectivity index is 1.48. The molecule has 3 aromatic carbocycles. The molecule has 3 N–H and O–H groups in total. The fourth-order valence-electron chi connectivity index (χ4n) is 4.17. The van der Waals surface area contributed by atoms with Gasteiger partial charge in [0, 0.05) is 5.92 Å². The van der Waals surface area contributed by atoms with Gasteiger partial charge < -0.3 is 15.2 Å². The zero-order valence-electron chi connectivity index (χ0n) is 18.7. The molecule has 0 aromatic heterocycles. The number of aliphatic carboxylic acids is 1. The normalized spacial score (nSPS) is 12.9. The van der Waals surface area contributed by atoms with Gasteiger partial charge in [-0.2, -0.15) is 0 Å². The molecule has 7 nitrogen and oxygen atoms in total. The van der Waals surface area contributed by atoms with Gasteiger partial charge in [-0.05, 0) is 40.8 Å². The first kappa shape index (κ1) is 23.9. The molecule has 0 bridgehead atoms. The van der Waals surface area contributed by atoms with Gasteiger partial charge in [0.15, 0.2) is 5.82 Å². The average molecular weight is 480 g/mol. The molecule has 1 unspecified atom stereocenters. The maximum absolute atomic E-state index is 14.9. The van der Waals surface area contributed by atoms with Gasteiger partial charge in [0.05, 0.1) is 5.69 Å². The molecule has 9 heteroatoms. The van der Waals surface area contributed by atoms with Gasteiger partial charge in [0.1, 0.15) is 24.0 Å². The van der Waals surface area contributed by atoms with E-state index < -0.39 is 46.9 Å². The minimum atomic E-state index is -1.34. The third-order valence-electron chi connectivity index (χ3n) is 5.91. The average Bonchev–Trinajstić information content (AvgIpc) is 3.16. The number of nitrogens with one attached hydrogen (secondary N) is 2. The lowest BCUT2D eigenvalue weighted by atomic mass is 9.98. The summed E-state index contributed by atoms with van der Waals surface area (Å²) in [5, 5.41) is 13.3. The predicted octanol–water partition coefficient (Wildman–Crippen LogP) is 4.92. The van der Waals surface area contributed by atoms with Crippen LogP contribution >= 0.6 is 0 Å². The monoisotopic (exact) mass is 480 g/mol. The Morgan fingerprint density at radius 2 is 1.57 bits per heavy atom. The molecule has 3 aromatic rings. The molecular formula is C26H22F2N2O5. The van der Waals surface area contributed by atoms with Gasteiger partial charge in [-0.15, -0.1) is 0 Å². The Morgan fingerprint density at radius 3 is 2.14 bits per heavy atom. The minimum Gasteiger partial charge on any atom is -0.480 e. The van der Waals surface area contributed by atoms with Crippen LogP contribution in [0.15, 0.2) is 60.7 Å². The molecular weight excluding hydrogens is 458 g/mol. The van der Waals surface area contributed by atoms with Crippen LogP contribution in [0.2, 0.25) is 0 Å². The number of carbonyl (C=O) groups excluding carboxylic acids is 2. The van der Waals surface area contributed by atoms with E-state index >= 15 is 0 Å². The molecule has 0 spiro atoms. The van der Waals surface area contributed by atoms with E-state index in [1.807, 2.05) is 48.5 Å². The number of anilines is 1. The van der Waals surface area contributed by atoms with Crippen molar-refractivity contribution in [1.82, 2.24) is 5.32 Å². The first-order chi connectivity index (χ1) is 16.8. The van der Waals surface area contributed by atoms with E-state index in [1.165, 1.54) is 6.92 Å². The standard InChI is InChI=1S/C26H22F2N2O5/c1-2-20(25(32)33)29-24(31)22-19(27)11-12-21(23(22)28)30-26(34)35-13-18-16-9-5-3-7-14(16)15-8-4-6-10-17(15)18/h3-12,18,20H,2,13H2,1H3,(H,29,31)(H,30,34)(H,32,33).